The molecule has 1 aliphatic rings. The standard InChI is InChI=1S/C29H28N4O2/c1-20-27(23-11-7-4-8-12-23)28(30-21(2)34)33(31-20)26-15-13-24(14-16-26)29(35)32-18-17-25(19-32)22-9-5-3-6-10-22/h3-16,25H,17-19H2,1-2H3,(H,30,34). The highest BCUT2D eigenvalue weighted by molar-refractivity contribution is 5.95. The van der Waals surface area contributed by atoms with E-state index in [4.69, 9.17) is 5.10 Å². The van der Waals surface area contributed by atoms with E-state index in [1.54, 1.807) is 4.68 Å². The van der Waals surface area contributed by atoms with E-state index in [0.29, 0.717) is 17.3 Å². The quantitative estimate of drug-likeness (QED) is 0.428. The molecule has 0 saturated carbocycles. The van der Waals surface area contributed by atoms with E-state index in [1.807, 2.05) is 84.6 Å². The van der Waals surface area contributed by atoms with E-state index >= 15 is 0 Å². The summed E-state index contributed by atoms with van der Waals surface area (Å²) in [6, 6.07) is 27.7. The molecule has 4 aromatic rings. The molecule has 0 radical (unpaired) electrons. The van der Waals surface area contributed by atoms with Gasteiger partial charge in [-0.1, -0.05) is 60.7 Å². The zero-order chi connectivity index (χ0) is 24.4. The maximum Gasteiger partial charge on any atom is 0.253 e. The first-order valence-electron chi connectivity index (χ1n) is 11.9. The van der Waals surface area contributed by atoms with Crippen molar-refractivity contribution in [3.63, 3.8) is 0 Å². The van der Waals surface area contributed by atoms with Gasteiger partial charge in [0.1, 0.15) is 5.82 Å². The normalized spacial score (nSPS) is 15.3. The van der Waals surface area contributed by atoms with Crippen LogP contribution in [0.5, 0.6) is 0 Å². The van der Waals surface area contributed by atoms with Crippen molar-refractivity contribution in [2.75, 3.05) is 18.4 Å². The molecule has 0 bridgehead atoms. The van der Waals surface area contributed by atoms with Crippen molar-refractivity contribution in [2.24, 2.45) is 0 Å². The van der Waals surface area contributed by atoms with Gasteiger partial charge in [-0.2, -0.15) is 5.10 Å². The zero-order valence-corrected chi connectivity index (χ0v) is 19.9. The minimum Gasteiger partial charge on any atom is -0.338 e. The van der Waals surface area contributed by atoms with Gasteiger partial charge < -0.3 is 10.2 Å². The molecular formula is C29H28N4O2. The molecule has 176 valence electrons. The van der Waals surface area contributed by atoms with Crippen LogP contribution in [-0.2, 0) is 4.79 Å². The molecule has 2 amide bonds. The monoisotopic (exact) mass is 464 g/mol. The third-order valence-electron chi connectivity index (χ3n) is 6.52. The number of anilines is 1. The maximum absolute atomic E-state index is 13.2. The number of amides is 2. The Hall–Kier alpha value is -4.19. The predicted molar refractivity (Wildman–Crippen MR) is 138 cm³/mol. The predicted octanol–water partition coefficient (Wildman–Crippen LogP) is 5.44. The SMILES string of the molecule is CC(=O)Nc1c(-c2ccccc2)c(C)nn1-c1ccc(C(=O)N2CCC(c3ccccc3)C2)cc1. The number of hydrogen-bond donors (Lipinski definition) is 1. The first-order valence-corrected chi connectivity index (χ1v) is 11.9. The molecule has 1 saturated heterocycles. The van der Waals surface area contributed by atoms with Crippen LogP contribution in [0.1, 0.15) is 40.9 Å². The van der Waals surface area contributed by atoms with Crippen molar-refractivity contribution in [1.29, 1.82) is 0 Å². The van der Waals surface area contributed by atoms with Gasteiger partial charge in [-0.25, -0.2) is 4.68 Å². The van der Waals surface area contributed by atoms with Crippen LogP contribution in [0.15, 0.2) is 84.9 Å². The molecule has 0 aliphatic carbocycles. The number of likely N-dealkylation sites (tertiary alicyclic amines) is 1. The number of nitrogens with zero attached hydrogens (tertiary/aromatic N) is 3. The molecular weight excluding hydrogens is 436 g/mol. The van der Waals surface area contributed by atoms with Gasteiger partial charge in [-0.3, -0.25) is 9.59 Å². The Morgan fingerprint density at radius 1 is 0.914 bits per heavy atom. The highest BCUT2D eigenvalue weighted by Crippen LogP contribution is 2.34. The summed E-state index contributed by atoms with van der Waals surface area (Å²) >= 11 is 0. The zero-order valence-electron chi connectivity index (χ0n) is 19.9. The molecule has 1 aromatic heterocycles. The Labute approximate surface area is 205 Å². The van der Waals surface area contributed by atoms with Gasteiger partial charge in [0.2, 0.25) is 5.91 Å². The topological polar surface area (TPSA) is 67.2 Å². The number of carbonyl (C=O) groups is 2. The Bertz CT molecular complexity index is 1340. The summed E-state index contributed by atoms with van der Waals surface area (Å²) in [7, 11) is 0. The Morgan fingerprint density at radius 3 is 2.23 bits per heavy atom. The van der Waals surface area contributed by atoms with E-state index in [2.05, 4.69) is 17.4 Å². The van der Waals surface area contributed by atoms with Crippen molar-refractivity contribution in [3.8, 4) is 16.8 Å². The number of nitrogens with one attached hydrogen (secondary N) is 1. The molecule has 1 fully saturated rings. The fourth-order valence-electron chi connectivity index (χ4n) is 4.82. The molecule has 1 N–H and O–H groups in total. The summed E-state index contributed by atoms with van der Waals surface area (Å²) in [4.78, 5) is 27.1. The lowest BCUT2D eigenvalue weighted by Crippen LogP contribution is -2.28. The molecule has 6 nitrogen and oxygen atoms in total. The largest absolute Gasteiger partial charge is 0.338 e. The van der Waals surface area contributed by atoms with Crippen molar-refractivity contribution >= 4 is 17.6 Å². The van der Waals surface area contributed by atoms with Gasteiger partial charge in [0.25, 0.3) is 5.91 Å². The molecule has 0 spiro atoms. The average molecular weight is 465 g/mol. The number of carbonyl (C=O) groups excluding carboxylic acids is 2. The summed E-state index contributed by atoms with van der Waals surface area (Å²) in [5.74, 6) is 0.865. The number of aromatic nitrogens is 2. The van der Waals surface area contributed by atoms with E-state index < -0.39 is 0 Å². The second kappa shape index (κ2) is 9.58. The lowest BCUT2D eigenvalue weighted by Gasteiger charge is -2.17. The number of benzene rings is 3. The second-order valence-corrected chi connectivity index (χ2v) is 8.96. The first-order chi connectivity index (χ1) is 17.0. The van der Waals surface area contributed by atoms with Crippen LogP contribution in [0.4, 0.5) is 5.82 Å². The van der Waals surface area contributed by atoms with Gasteiger partial charge in [0.15, 0.2) is 0 Å². The summed E-state index contributed by atoms with van der Waals surface area (Å²) in [5, 5.41) is 7.66. The second-order valence-electron chi connectivity index (χ2n) is 8.96. The van der Waals surface area contributed by atoms with Gasteiger partial charge in [0.05, 0.1) is 11.4 Å². The third-order valence-corrected chi connectivity index (χ3v) is 6.52. The van der Waals surface area contributed by atoms with Crippen LogP contribution in [0, 0.1) is 6.92 Å². The molecule has 3 aromatic carbocycles. The fourth-order valence-corrected chi connectivity index (χ4v) is 4.82. The molecule has 1 unspecified atom stereocenters. The minimum atomic E-state index is -0.169. The molecule has 35 heavy (non-hydrogen) atoms. The Morgan fingerprint density at radius 2 is 1.57 bits per heavy atom. The summed E-state index contributed by atoms with van der Waals surface area (Å²) in [6.07, 6.45) is 0.975. The van der Waals surface area contributed by atoms with Crippen LogP contribution < -0.4 is 5.32 Å². The van der Waals surface area contributed by atoms with E-state index in [0.717, 1.165) is 42.0 Å². The average Bonchev–Trinajstić information content (AvgIpc) is 3.50. The van der Waals surface area contributed by atoms with E-state index in [1.165, 1.54) is 12.5 Å². The Balaban J connectivity index is 1.40. The highest BCUT2D eigenvalue weighted by Gasteiger charge is 2.28. The minimum absolute atomic E-state index is 0.0405. The summed E-state index contributed by atoms with van der Waals surface area (Å²) in [5.41, 5.74) is 5.38. The van der Waals surface area contributed by atoms with Crippen molar-refractivity contribution in [3.05, 3.63) is 102 Å². The molecule has 6 heteroatoms. The van der Waals surface area contributed by atoms with Gasteiger partial charge in [0, 0.05) is 37.1 Å². The van der Waals surface area contributed by atoms with Crippen LogP contribution in [0.2, 0.25) is 0 Å². The lowest BCUT2D eigenvalue weighted by atomic mass is 9.99. The van der Waals surface area contributed by atoms with Gasteiger partial charge in [-0.05, 0) is 48.7 Å². The summed E-state index contributed by atoms with van der Waals surface area (Å²) in [6.45, 7) is 4.90. The highest BCUT2D eigenvalue weighted by atomic mass is 16.2. The number of aryl methyl sites for hydroxylation is 1. The summed E-state index contributed by atoms with van der Waals surface area (Å²) < 4.78 is 1.73. The van der Waals surface area contributed by atoms with E-state index in [-0.39, 0.29) is 11.8 Å². The Kier molecular flexibility index (Phi) is 6.19. The van der Waals surface area contributed by atoms with Crippen LogP contribution >= 0.6 is 0 Å². The van der Waals surface area contributed by atoms with Crippen molar-refractivity contribution < 1.29 is 9.59 Å². The lowest BCUT2D eigenvalue weighted by molar-refractivity contribution is -0.114. The first kappa shape index (κ1) is 22.6. The molecule has 1 aliphatic heterocycles. The van der Waals surface area contributed by atoms with Crippen molar-refractivity contribution in [2.45, 2.75) is 26.2 Å². The van der Waals surface area contributed by atoms with Crippen LogP contribution in [-0.4, -0.2) is 39.6 Å². The third kappa shape index (κ3) is 4.60. The van der Waals surface area contributed by atoms with Crippen LogP contribution in [0.25, 0.3) is 16.8 Å². The molecule has 5 rings (SSSR count). The van der Waals surface area contributed by atoms with E-state index in [9.17, 15) is 9.59 Å². The van der Waals surface area contributed by atoms with Crippen molar-refractivity contribution in [1.82, 2.24) is 14.7 Å². The van der Waals surface area contributed by atoms with Gasteiger partial charge >= 0.3 is 0 Å². The number of hydrogen-bond acceptors (Lipinski definition) is 3. The molecule has 2 heterocycles. The molecule has 1 atom stereocenters. The smallest absolute Gasteiger partial charge is 0.253 e. The fraction of sp³-hybridized carbons (Fsp3) is 0.207. The van der Waals surface area contributed by atoms with Crippen LogP contribution in [0.3, 0.4) is 0 Å². The van der Waals surface area contributed by atoms with Gasteiger partial charge in [-0.15, -0.1) is 0 Å². The number of rotatable bonds is 5. The maximum atomic E-state index is 13.2.